The van der Waals surface area contributed by atoms with Crippen LogP contribution in [0.4, 0.5) is 15.3 Å². The molecule has 0 radical (unpaired) electrons. The number of thiazole rings is 1. The maximum atomic E-state index is 13.4. The van der Waals surface area contributed by atoms with Gasteiger partial charge in [0.05, 0.1) is 17.5 Å². The van der Waals surface area contributed by atoms with Gasteiger partial charge in [0.15, 0.2) is 5.13 Å². The second-order valence-corrected chi connectivity index (χ2v) is 11.1. The van der Waals surface area contributed by atoms with Crippen LogP contribution in [0, 0.1) is 17.1 Å². The van der Waals surface area contributed by atoms with E-state index in [-0.39, 0.29) is 5.82 Å². The summed E-state index contributed by atoms with van der Waals surface area (Å²) in [7, 11) is 1.97. The van der Waals surface area contributed by atoms with Gasteiger partial charge in [-0.1, -0.05) is 6.07 Å². The Hall–Kier alpha value is -2.97. The number of pyridine rings is 1. The summed E-state index contributed by atoms with van der Waals surface area (Å²) >= 11 is 0.583. The first-order chi connectivity index (χ1) is 17.4. The summed E-state index contributed by atoms with van der Waals surface area (Å²) in [5, 5.41) is 12.0. The molecule has 5 rings (SSSR count). The molecule has 1 atom stereocenters. The standard InChI is InChI=1S/C26H27FN6OS2/c1-31(26-30-23(17-35-26)19-5-8-21(27)9-6-19)25-22(4-3-13-28)29-24-10-7-20(16-33(24)25)18-11-14-32(15-12-18)36(2)34/h5-10,16-18H,3-4,11-12,14-15H2,1-2H3. The molecule has 36 heavy (non-hydrogen) atoms. The first-order valence-electron chi connectivity index (χ1n) is 11.9. The van der Waals surface area contributed by atoms with Crippen molar-refractivity contribution < 1.29 is 8.94 Å². The van der Waals surface area contributed by atoms with E-state index in [9.17, 15) is 14.2 Å². The van der Waals surface area contributed by atoms with Crippen molar-refractivity contribution in [3.05, 3.63) is 65.0 Å². The maximum absolute atomic E-state index is 13.4. The lowest BCUT2D eigenvalue weighted by atomic mass is 9.91. The number of nitrogens with zero attached hydrogens (tertiary/aromatic N) is 6. The number of fused-ring (bicyclic) bond motifs is 1. The molecule has 0 saturated carbocycles. The SMILES string of the molecule is CN(c1nc(-c2ccc(F)cc2)cs1)c1c(CCC#N)nc2ccc(C3CCN([S+](C)[O-])CC3)cn12. The van der Waals surface area contributed by atoms with Crippen molar-refractivity contribution in [2.45, 2.75) is 31.6 Å². The molecule has 1 aliphatic heterocycles. The molecule has 4 aromatic rings. The third-order valence-corrected chi connectivity index (χ3v) is 8.69. The molecule has 1 aromatic carbocycles. The van der Waals surface area contributed by atoms with Crippen molar-refractivity contribution in [2.24, 2.45) is 0 Å². The van der Waals surface area contributed by atoms with Crippen LogP contribution in [0.25, 0.3) is 16.9 Å². The zero-order valence-corrected chi connectivity index (χ0v) is 21.9. The Morgan fingerprint density at radius 2 is 1.94 bits per heavy atom. The minimum atomic E-state index is -0.929. The summed E-state index contributed by atoms with van der Waals surface area (Å²) < 4.78 is 29.3. The number of imidazole rings is 1. The van der Waals surface area contributed by atoms with Gasteiger partial charge in [-0.05, 0) is 54.7 Å². The number of anilines is 2. The molecule has 4 heterocycles. The molecule has 0 bridgehead atoms. The molecule has 7 nitrogen and oxygen atoms in total. The average Bonchev–Trinajstić information content (AvgIpc) is 3.52. The van der Waals surface area contributed by atoms with Crippen LogP contribution in [-0.4, -0.2) is 49.6 Å². The lowest BCUT2D eigenvalue weighted by molar-refractivity contribution is 0.321. The first kappa shape index (κ1) is 24.7. The van der Waals surface area contributed by atoms with E-state index in [2.05, 4.69) is 22.7 Å². The fraction of sp³-hybridized carbons (Fsp3) is 0.346. The highest BCUT2D eigenvalue weighted by Gasteiger charge is 2.27. The van der Waals surface area contributed by atoms with Crippen LogP contribution in [0.2, 0.25) is 0 Å². The van der Waals surface area contributed by atoms with Gasteiger partial charge in [-0.15, -0.1) is 15.6 Å². The van der Waals surface area contributed by atoms with E-state index < -0.39 is 11.4 Å². The first-order valence-corrected chi connectivity index (χ1v) is 14.3. The van der Waals surface area contributed by atoms with Crippen LogP contribution in [0.15, 0.2) is 48.0 Å². The Morgan fingerprint density at radius 3 is 2.64 bits per heavy atom. The zero-order valence-electron chi connectivity index (χ0n) is 20.2. The van der Waals surface area contributed by atoms with Gasteiger partial charge in [0, 0.05) is 61.5 Å². The van der Waals surface area contributed by atoms with E-state index in [0.29, 0.717) is 18.8 Å². The quantitative estimate of drug-likeness (QED) is 0.307. The molecule has 0 aliphatic carbocycles. The average molecular weight is 523 g/mol. The molecule has 186 valence electrons. The Morgan fingerprint density at radius 1 is 1.19 bits per heavy atom. The summed E-state index contributed by atoms with van der Waals surface area (Å²) in [5.74, 6) is 1.01. The Balaban J connectivity index is 1.49. The molecule has 1 saturated heterocycles. The van der Waals surface area contributed by atoms with E-state index in [0.717, 1.165) is 59.5 Å². The minimum absolute atomic E-state index is 0.274. The number of aromatic nitrogens is 3. The predicted molar refractivity (Wildman–Crippen MR) is 142 cm³/mol. The highest BCUT2D eigenvalue weighted by Crippen LogP contribution is 2.35. The maximum Gasteiger partial charge on any atom is 0.191 e. The second-order valence-electron chi connectivity index (χ2n) is 8.94. The second kappa shape index (κ2) is 10.6. The lowest BCUT2D eigenvalue weighted by Gasteiger charge is -2.30. The van der Waals surface area contributed by atoms with Gasteiger partial charge in [-0.25, -0.2) is 14.4 Å². The zero-order chi connectivity index (χ0) is 25.2. The topological polar surface area (TPSA) is 83.5 Å². The van der Waals surface area contributed by atoms with Crippen LogP contribution < -0.4 is 4.90 Å². The number of halogens is 1. The van der Waals surface area contributed by atoms with Gasteiger partial charge in [-0.3, -0.25) is 4.40 Å². The molecule has 1 fully saturated rings. The van der Waals surface area contributed by atoms with E-state index >= 15 is 0 Å². The molecule has 0 spiro atoms. The molecule has 10 heteroatoms. The van der Waals surface area contributed by atoms with Crippen LogP contribution in [0.3, 0.4) is 0 Å². The summed E-state index contributed by atoms with van der Waals surface area (Å²) in [6.45, 7) is 1.64. The van der Waals surface area contributed by atoms with E-state index in [1.54, 1.807) is 18.4 Å². The van der Waals surface area contributed by atoms with Gasteiger partial charge in [0.1, 0.15) is 23.5 Å². The molecule has 0 amide bonds. The van der Waals surface area contributed by atoms with Crippen LogP contribution in [0.1, 0.15) is 36.4 Å². The van der Waals surface area contributed by atoms with Crippen molar-refractivity contribution in [3.63, 3.8) is 0 Å². The molecule has 0 N–H and O–H groups in total. The third-order valence-electron chi connectivity index (χ3n) is 6.68. The third kappa shape index (κ3) is 4.97. The monoisotopic (exact) mass is 522 g/mol. The number of nitriles is 1. The minimum Gasteiger partial charge on any atom is -0.598 e. The van der Waals surface area contributed by atoms with Crippen molar-refractivity contribution >= 4 is 39.3 Å². The smallest absolute Gasteiger partial charge is 0.191 e. The van der Waals surface area contributed by atoms with Gasteiger partial charge in [0.2, 0.25) is 0 Å². The summed E-state index contributed by atoms with van der Waals surface area (Å²) in [6.07, 6.45) is 6.73. The Bertz CT molecular complexity index is 1390. The van der Waals surface area contributed by atoms with Gasteiger partial charge in [-0.2, -0.15) is 5.26 Å². The number of rotatable bonds is 7. The number of hydrogen-bond donors (Lipinski definition) is 0. The molecule has 3 aromatic heterocycles. The number of piperidine rings is 1. The Kier molecular flexibility index (Phi) is 7.25. The number of aryl methyl sites for hydroxylation is 1. The van der Waals surface area contributed by atoms with Crippen LogP contribution in [-0.2, 0) is 17.8 Å². The van der Waals surface area contributed by atoms with Gasteiger partial charge in [0.25, 0.3) is 0 Å². The summed E-state index contributed by atoms with van der Waals surface area (Å²) in [5.41, 5.74) is 4.56. The van der Waals surface area contributed by atoms with Gasteiger partial charge >= 0.3 is 0 Å². The van der Waals surface area contributed by atoms with Crippen molar-refractivity contribution in [1.29, 1.82) is 5.26 Å². The molecule has 1 unspecified atom stereocenters. The largest absolute Gasteiger partial charge is 0.598 e. The van der Waals surface area contributed by atoms with Crippen LogP contribution in [0.5, 0.6) is 0 Å². The molecular weight excluding hydrogens is 495 g/mol. The van der Waals surface area contributed by atoms with Crippen molar-refractivity contribution in [2.75, 3.05) is 31.3 Å². The Labute approximate surface area is 217 Å². The van der Waals surface area contributed by atoms with E-state index in [1.807, 2.05) is 27.7 Å². The highest BCUT2D eigenvalue weighted by molar-refractivity contribution is 7.88. The van der Waals surface area contributed by atoms with E-state index in [1.165, 1.54) is 29.0 Å². The molecule has 1 aliphatic rings. The molecular formula is C26H27FN6OS2. The van der Waals surface area contributed by atoms with Gasteiger partial charge < -0.3 is 9.45 Å². The highest BCUT2D eigenvalue weighted by atomic mass is 32.2. The van der Waals surface area contributed by atoms with Crippen LogP contribution >= 0.6 is 11.3 Å². The van der Waals surface area contributed by atoms with E-state index in [4.69, 9.17) is 9.97 Å². The number of hydrogen-bond acceptors (Lipinski definition) is 7. The summed E-state index contributed by atoms with van der Waals surface area (Å²) in [6, 6.07) is 12.7. The lowest BCUT2D eigenvalue weighted by Crippen LogP contribution is -2.37. The normalized spacial score (nSPS) is 15.8. The number of benzene rings is 1. The fourth-order valence-corrected chi connectivity index (χ4v) is 6.27. The summed E-state index contributed by atoms with van der Waals surface area (Å²) in [4.78, 5) is 11.7. The fourth-order valence-electron chi connectivity index (χ4n) is 4.74. The predicted octanol–water partition coefficient (Wildman–Crippen LogP) is 5.29. The van der Waals surface area contributed by atoms with Crippen molar-refractivity contribution in [3.8, 4) is 17.3 Å². The van der Waals surface area contributed by atoms with Crippen molar-refractivity contribution in [1.82, 2.24) is 18.7 Å².